The van der Waals surface area contributed by atoms with Crippen LogP contribution in [0.3, 0.4) is 0 Å². The molecule has 6 nitrogen and oxygen atoms in total. The van der Waals surface area contributed by atoms with Gasteiger partial charge in [0.2, 0.25) is 0 Å². The van der Waals surface area contributed by atoms with Crippen LogP contribution in [0, 0.1) is 17.2 Å². The Balaban J connectivity index is 1.87. The number of fused-ring (bicyclic) bond motifs is 3. The fourth-order valence-corrected chi connectivity index (χ4v) is 3.77. The zero-order valence-corrected chi connectivity index (χ0v) is 12.9. The van der Waals surface area contributed by atoms with Crippen LogP contribution in [-0.2, 0) is 6.42 Å². The average molecular weight is 309 g/mol. The van der Waals surface area contributed by atoms with Gasteiger partial charge in [-0.2, -0.15) is 5.26 Å². The zero-order chi connectivity index (χ0) is 15.8. The minimum Gasteiger partial charge on any atom is -0.396 e. The average Bonchev–Trinajstić information content (AvgIpc) is 3.18. The zero-order valence-electron chi connectivity index (χ0n) is 12.9. The van der Waals surface area contributed by atoms with Gasteiger partial charge >= 0.3 is 0 Å². The number of H-pyrrole nitrogens is 1. The molecule has 2 N–H and O–H groups in total. The van der Waals surface area contributed by atoms with Crippen LogP contribution in [0.1, 0.15) is 37.5 Å². The number of hydrogen-bond acceptors (Lipinski definition) is 4. The Bertz CT molecular complexity index is 880. The fraction of sp³-hybridized carbons (Fsp3) is 0.471. The Morgan fingerprint density at radius 1 is 1.35 bits per heavy atom. The largest absolute Gasteiger partial charge is 0.396 e. The lowest BCUT2D eigenvalue weighted by Crippen LogP contribution is -2.19. The van der Waals surface area contributed by atoms with E-state index in [4.69, 9.17) is 10.2 Å². The van der Waals surface area contributed by atoms with Gasteiger partial charge in [-0.3, -0.25) is 0 Å². The minimum atomic E-state index is 0.0839. The van der Waals surface area contributed by atoms with Gasteiger partial charge in [-0.15, -0.1) is 0 Å². The molecule has 0 atom stereocenters. The van der Waals surface area contributed by atoms with Crippen molar-refractivity contribution in [2.75, 3.05) is 6.61 Å². The molecule has 0 aliphatic heterocycles. The Hall–Kier alpha value is -2.39. The van der Waals surface area contributed by atoms with E-state index < -0.39 is 0 Å². The lowest BCUT2D eigenvalue weighted by atomic mass is 9.86. The number of rotatable bonds is 3. The number of aromatic nitrogens is 4. The minimum absolute atomic E-state index is 0.0839. The highest BCUT2D eigenvalue weighted by molar-refractivity contribution is 6.01. The predicted octanol–water partition coefficient (Wildman–Crippen LogP) is 2.70. The molecular formula is C17H19N5O. The van der Waals surface area contributed by atoms with Gasteiger partial charge in [-0.1, -0.05) is 0 Å². The second-order valence-corrected chi connectivity index (χ2v) is 6.24. The molecule has 6 heteroatoms. The van der Waals surface area contributed by atoms with E-state index in [1.54, 1.807) is 6.20 Å². The molecule has 4 rings (SSSR count). The van der Waals surface area contributed by atoms with Crippen molar-refractivity contribution in [2.45, 2.75) is 38.1 Å². The fourth-order valence-electron chi connectivity index (χ4n) is 3.77. The van der Waals surface area contributed by atoms with Crippen LogP contribution < -0.4 is 0 Å². The molecule has 0 saturated heterocycles. The highest BCUT2D eigenvalue weighted by Gasteiger charge is 2.26. The van der Waals surface area contributed by atoms with Crippen molar-refractivity contribution >= 4 is 22.1 Å². The maximum atomic E-state index is 9.40. The Labute approximate surface area is 133 Å². The number of hydrogen-bond donors (Lipinski definition) is 2. The van der Waals surface area contributed by atoms with E-state index in [1.165, 1.54) is 0 Å². The van der Waals surface area contributed by atoms with Crippen molar-refractivity contribution in [3.63, 3.8) is 0 Å². The van der Waals surface area contributed by atoms with Crippen LogP contribution in [-0.4, -0.2) is 31.2 Å². The summed E-state index contributed by atoms with van der Waals surface area (Å²) < 4.78 is 2.29. The molecule has 0 aromatic carbocycles. The molecular weight excluding hydrogens is 290 g/mol. The highest BCUT2D eigenvalue weighted by Crippen LogP contribution is 2.36. The molecule has 3 aromatic heterocycles. The topological polar surface area (TPSA) is 90.5 Å². The molecule has 3 aromatic rings. The molecule has 23 heavy (non-hydrogen) atoms. The number of nitriles is 1. The second kappa shape index (κ2) is 5.67. The maximum absolute atomic E-state index is 9.40. The number of nitrogens with one attached hydrogen (secondary N) is 1. The highest BCUT2D eigenvalue weighted by atomic mass is 16.3. The summed E-state index contributed by atoms with van der Waals surface area (Å²) in [6.45, 7) is 0.0839. The first-order chi connectivity index (χ1) is 11.3. The second-order valence-electron chi connectivity index (χ2n) is 6.24. The van der Waals surface area contributed by atoms with Gasteiger partial charge in [-0.05, 0) is 31.7 Å². The van der Waals surface area contributed by atoms with Gasteiger partial charge in [0.05, 0.1) is 24.4 Å². The van der Waals surface area contributed by atoms with Crippen LogP contribution >= 0.6 is 0 Å². The van der Waals surface area contributed by atoms with Crippen LogP contribution in [0.5, 0.6) is 0 Å². The van der Waals surface area contributed by atoms with Gasteiger partial charge in [0.25, 0.3) is 0 Å². The summed E-state index contributed by atoms with van der Waals surface area (Å²) in [5.41, 5.74) is 2.84. The van der Waals surface area contributed by atoms with Crippen molar-refractivity contribution in [1.82, 2.24) is 19.5 Å². The Kier molecular flexibility index (Phi) is 3.50. The summed E-state index contributed by atoms with van der Waals surface area (Å²) in [5, 5.41) is 19.6. The number of pyridine rings is 1. The normalized spacial score (nSPS) is 21.7. The van der Waals surface area contributed by atoms with E-state index >= 15 is 0 Å². The summed E-state index contributed by atoms with van der Waals surface area (Å²) in [4.78, 5) is 12.3. The van der Waals surface area contributed by atoms with Crippen LogP contribution in [0.15, 0.2) is 18.5 Å². The number of aromatic amines is 1. The van der Waals surface area contributed by atoms with E-state index in [0.29, 0.717) is 12.5 Å². The predicted molar refractivity (Wildman–Crippen MR) is 86.8 cm³/mol. The van der Waals surface area contributed by atoms with Gasteiger partial charge in [-0.25, -0.2) is 9.97 Å². The van der Waals surface area contributed by atoms with Crippen LogP contribution in [0.2, 0.25) is 0 Å². The van der Waals surface area contributed by atoms with Crippen molar-refractivity contribution < 1.29 is 5.11 Å². The van der Waals surface area contributed by atoms with Gasteiger partial charge in [0, 0.05) is 30.0 Å². The van der Waals surface area contributed by atoms with Crippen molar-refractivity contribution in [3.8, 4) is 6.07 Å². The summed E-state index contributed by atoms with van der Waals surface area (Å²) in [5.74, 6) is 1.09. The summed E-state index contributed by atoms with van der Waals surface area (Å²) in [6.07, 6.45) is 8.06. The maximum Gasteiger partial charge on any atom is 0.139 e. The lowest BCUT2D eigenvalue weighted by Gasteiger charge is -2.28. The molecule has 0 bridgehead atoms. The SMILES string of the molecule is N#CC1CCC(n2c(CCO)nc3cnc4[nH]ccc4c32)CC1. The molecule has 0 spiro atoms. The van der Waals surface area contributed by atoms with E-state index in [1.807, 2.05) is 12.3 Å². The molecule has 1 aliphatic rings. The van der Waals surface area contributed by atoms with Crippen LogP contribution in [0.4, 0.5) is 0 Å². The summed E-state index contributed by atoms with van der Waals surface area (Å²) in [6, 6.07) is 4.77. The molecule has 0 amide bonds. The molecule has 118 valence electrons. The first kappa shape index (κ1) is 14.2. The number of aliphatic hydroxyl groups is 1. The smallest absolute Gasteiger partial charge is 0.139 e. The van der Waals surface area contributed by atoms with Crippen LogP contribution in [0.25, 0.3) is 22.1 Å². The molecule has 0 unspecified atom stereocenters. The van der Waals surface area contributed by atoms with Gasteiger partial charge in [0.15, 0.2) is 0 Å². The van der Waals surface area contributed by atoms with Crippen molar-refractivity contribution in [2.24, 2.45) is 5.92 Å². The molecule has 1 saturated carbocycles. The van der Waals surface area contributed by atoms with Crippen molar-refractivity contribution in [3.05, 3.63) is 24.3 Å². The van der Waals surface area contributed by atoms with Gasteiger partial charge in [0.1, 0.15) is 17.0 Å². The van der Waals surface area contributed by atoms with E-state index in [2.05, 4.69) is 20.6 Å². The first-order valence-corrected chi connectivity index (χ1v) is 8.15. The lowest BCUT2D eigenvalue weighted by molar-refractivity contribution is 0.282. The molecule has 1 fully saturated rings. The third-order valence-electron chi connectivity index (χ3n) is 4.89. The van der Waals surface area contributed by atoms with E-state index in [-0.39, 0.29) is 12.5 Å². The number of imidazole rings is 1. The summed E-state index contributed by atoms with van der Waals surface area (Å²) in [7, 11) is 0. The third-order valence-corrected chi connectivity index (χ3v) is 4.89. The Morgan fingerprint density at radius 2 is 2.17 bits per heavy atom. The molecule has 3 heterocycles. The summed E-state index contributed by atoms with van der Waals surface area (Å²) >= 11 is 0. The molecule has 1 aliphatic carbocycles. The van der Waals surface area contributed by atoms with Gasteiger partial charge < -0.3 is 14.7 Å². The standard InChI is InChI=1S/C17H19N5O/c18-9-11-1-3-12(4-2-11)22-15(6-8-23)21-14-10-20-17-13(16(14)22)5-7-19-17/h5,7,10-12,23H,1-4,6,8H2,(H,19,20). The number of nitrogens with zero attached hydrogens (tertiary/aromatic N) is 4. The van der Waals surface area contributed by atoms with E-state index in [9.17, 15) is 5.11 Å². The third kappa shape index (κ3) is 2.28. The van der Waals surface area contributed by atoms with Crippen molar-refractivity contribution in [1.29, 1.82) is 5.26 Å². The number of aliphatic hydroxyl groups excluding tert-OH is 1. The first-order valence-electron chi connectivity index (χ1n) is 8.15. The quantitative estimate of drug-likeness (QED) is 0.778. The monoisotopic (exact) mass is 309 g/mol. The van der Waals surface area contributed by atoms with E-state index in [0.717, 1.165) is 53.6 Å². The Morgan fingerprint density at radius 3 is 2.91 bits per heavy atom. The molecule has 0 radical (unpaired) electrons.